The van der Waals surface area contributed by atoms with Gasteiger partial charge in [-0.15, -0.1) is 0 Å². The lowest BCUT2D eigenvalue weighted by Crippen LogP contribution is -2.01. The second kappa shape index (κ2) is 15.0. The van der Waals surface area contributed by atoms with Gasteiger partial charge in [-0.2, -0.15) is 0 Å². The van der Waals surface area contributed by atoms with E-state index in [-0.39, 0.29) is 11.4 Å². The van der Waals surface area contributed by atoms with Crippen LogP contribution in [0.4, 0.5) is 36.2 Å². The van der Waals surface area contributed by atoms with E-state index in [2.05, 4.69) is 16.7 Å². The molecular weight excluding hydrogens is 793 g/mol. The highest BCUT2D eigenvalue weighted by atomic mass is 35.5. The van der Waals surface area contributed by atoms with E-state index in [1.807, 2.05) is 121 Å². The number of benzene rings is 6. The SMILES string of the molecule is Cc1ccc(-c2nc3sc4ccccc4n3c2Nc2c(C)cccc2Cl)c(F)c1.Cc1cccc(C)c1Nc1c(-c2ccc(F)cc2F)nc2sc3ccccc3n12. The number of aromatic nitrogens is 4. The summed E-state index contributed by atoms with van der Waals surface area (Å²) >= 11 is 9.59. The number of nitrogens with zero attached hydrogens (tertiary/aromatic N) is 4. The lowest BCUT2D eigenvalue weighted by atomic mass is 10.1. The van der Waals surface area contributed by atoms with E-state index in [4.69, 9.17) is 21.6 Å². The second-order valence-electron chi connectivity index (χ2n) is 14.0. The molecule has 10 aromatic rings. The molecule has 4 aromatic heterocycles. The summed E-state index contributed by atoms with van der Waals surface area (Å²) < 4.78 is 49.2. The number of thiazole rings is 2. The van der Waals surface area contributed by atoms with Gasteiger partial charge < -0.3 is 10.6 Å². The Hall–Kier alpha value is -6.14. The number of anilines is 4. The van der Waals surface area contributed by atoms with Gasteiger partial charge in [0.1, 0.15) is 40.5 Å². The molecule has 0 atom stereocenters. The number of hydrogen-bond donors (Lipinski definition) is 2. The van der Waals surface area contributed by atoms with Crippen LogP contribution in [0.25, 0.3) is 52.9 Å². The first kappa shape index (κ1) is 37.4. The summed E-state index contributed by atoms with van der Waals surface area (Å²) in [4.78, 5) is 11.1. The van der Waals surface area contributed by atoms with E-state index < -0.39 is 11.6 Å². The molecule has 2 N–H and O–H groups in total. The first-order chi connectivity index (χ1) is 28.0. The summed E-state index contributed by atoms with van der Waals surface area (Å²) in [5.41, 5.74) is 9.53. The predicted molar refractivity (Wildman–Crippen MR) is 235 cm³/mol. The van der Waals surface area contributed by atoms with Crippen LogP contribution in [-0.4, -0.2) is 18.8 Å². The van der Waals surface area contributed by atoms with Crippen molar-refractivity contribution < 1.29 is 13.2 Å². The standard InChI is InChI=1S/C23H17ClFN3S.C23H17F2N3S/c1-13-10-11-15(17(25)12-13)21-22(26-20-14(2)6-5-7-16(20)24)28-18-8-3-4-9-19(18)29-23(28)27-21;1-13-6-5-7-14(2)20(13)26-22-21(16-11-10-15(24)12-17(16)25)27-23-28(22)18-8-3-4-9-19(18)29-23/h2*3-12,26H,1-2H3. The fourth-order valence-electron chi connectivity index (χ4n) is 7.18. The Balaban J connectivity index is 0.000000150. The molecule has 0 amide bonds. The van der Waals surface area contributed by atoms with Crippen molar-refractivity contribution in [3.8, 4) is 22.5 Å². The minimum atomic E-state index is -0.635. The number of aryl methyl sites for hydroxylation is 4. The van der Waals surface area contributed by atoms with Crippen molar-refractivity contribution in [2.24, 2.45) is 0 Å². The monoisotopic (exact) mass is 826 g/mol. The number of para-hydroxylation sites is 4. The molecule has 6 nitrogen and oxygen atoms in total. The Labute approximate surface area is 344 Å². The fourth-order valence-corrected chi connectivity index (χ4v) is 9.49. The van der Waals surface area contributed by atoms with Crippen molar-refractivity contribution in [1.29, 1.82) is 0 Å². The first-order valence-electron chi connectivity index (χ1n) is 18.4. The van der Waals surface area contributed by atoms with E-state index in [0.717, 1.165) is 70.0 Å². The minimum absolute atomic E-state index is 0.264. The summed E-state index contributed by atoms with van der Waals surface area (Å²) in [6, 6.07) is 36.7. The Morgan fingerprint density at radius 3 is 1.55 bits per heavy atom. The van der Waals surface area contributed by atoms with Crippen LogP contribution in [0.1, 0.15) is 22.3 Å². The van der Waals surface area contributed by atoms with Gasteiger partial charge in [-0.05, 0) is 105 Å². The maximum atomic E-state index is 14.9. The molecule has 0 fully saturated rings. The van der Waals surface area contributed by atoms with Crippen LogP contribution in [0, 0.1) is 45.1 Å². The van der Waals surface area contributed by atoms with Crippen LogP contribution in [0.15, 0.2) is 121 Å². The summed E-state index contributed by atoms with van der Waals surface area (Å²) in [5, 5.41) is 7.56. The molecule has 0 saturated carbocycles. The molecule has 0 bridgehead atoms. The average Bonchev–Trinajstić information content (AvgIpc) is 3.93. The number of fused-ring (bicyclic) bond motifs is 6. The zero-order valence-corrected chi connectivity index (χ0v) is 34.1. The topological polar surface area (TPSA) is 58.7 Å². The zero-order valence-electron chi connectivity index (χ0n) is 31.7. The molecule has 288 valence electrons. The van der Waals surface area contributed by atoms with Gasteiger partial charge in [-0.1, -0.05) is 94.9 Å². The maximum absolute atomic E-state index is 14.9. The van der Waals surface area contributed by atoms with Gasteiger partial charge in [0, 0.05) is 22.9 Å². The van der Waals surface area contributed by atoms with Crippen LogP contribution < -0.4 is 10.6 Å². The van der Waals surface area contributed by atoms with E-state index in [0.29, 0.717) is 33.6 Å². The maximum Gasteiger partial charge on any atom is 0.197 e. The van der Waals surface area contributed by atoms with Crippen LogP contribution >= 0.6 is 34.3 Å². The molecule has 0 unspecified atom stereocenters. The number of hydrogen-bond acceptors (Lipinski definition) is 6. The Bertz CT molecular complexity index is 2940. The number of nitrogens with one attached hydrogen (secondary N) is 2. The third-order valence-electron chi connectivity index (χ3n) is 10.1. The van der Waals surface area contributed by atoms with Crippen molar-refractivity contribution in [2.75, 3.05) is 10.6 Å². The van der Waals surface area contributed by atoms with Crippen LogP contribution in [0.5, 0.6) is 0 Å². The van der Waals surface area contributed by atoms with Gasteiger partial charge in [-0.25, -0.2) is 23.1 Å². The van der Waals surface area contributed by atoms with Crippen molar-refractivity contribution in [1.82, 2.24) is 18.8 Å². The first-order valence-corrected chi connectivity index (χ1v) is 20.4. The van der Waals surface area contributed by atoms with Gasteiger partial charge in [0.25, 0.3) is 0 Å². The second-order valence-corrected chi connectivity index (χ2v) is 16.5. The average molecular weight is 827 g/mol. The molecule has 0 saturated heterocycles. The molecule has 10 rings (SSSR count). The quantitative estimate of drug-likeness (QED) is 0.175. The molecule has 12 heteroatoms. The normalized spacial score (nSPS) is 11.4. The van der Waals surface area contributed by atoms with Gasteiger partial charge >= 0.3 is 0 Å². The molecule has 0 aliphatic carbocycles. The third-order valence-corrected chi connectivity index (χ3v) is 12.4. The van der Waals surface area contributed by atoms with Crippen molar-refractivity contribution in [3.63, 3.8) is 0 Å². The Kier molecular flexibility index (Phi) is 9.67. The van der Waals surface area contributed by atoms with Crippen LogP contribution in [0.3, 0.4) is 0 Å². The van der Waals surface area contributed by atoms with E-state index >= 15 is 0 Å². The van der Waals surface area contributed by atoms with Crippen LogP contribution in [-0.2, 0) is 0 Å². The van der Waals surface area contributed by atoms with Gasteiger partial charge in [0.15, 0.2) is 9.92 Å². The highest BCUT2D eigenvalue weighted by Gasteiger charge is 2.24. The molecule has 4 heterocycles. The molecular formula is C46H34ClF3N6S2. The molecule has 0 radical (unpaired) electrons. The van der Waals surface area contributed by atoms with Gasteiger partial charge in [0.2, 0.25) is 0 Å². The predicted octanol–water partition coefficient (Wildman–Crippen LogP) is 14.2. The lowest BCUT2D eigenvalue weighted by Gasteiger charge is -2.14. The summed E-state index contributed by atoms with van der Waals surface area (Å²) in [5.74, 6) is -0.164. The Morgan fingerprint density at radius 2 is 1.02 bits per heavy atom. The molecule has 0 aliphatic rings. The zero-order chi connectivity index (χ0) is 40.2. The summed E-state index contributed by atoms with van der Waals surface area (Å²) in [7, 11) is 0. The van der Waals surface area contributed by atoms with Crippen molar-refractivity contribution in [3.05, 3.63) is 166 Å². The Morgan fingerprint density at radius 1 is 0.534 bits per heavy atom. The number of rotatable bonds is 6. The van der Waals surface area contributed by atoms with Crippen LogP contribution in [0.2, 0.25) is 5.02 Å². The van der Waals surface area contributed by atoms with E-state index in [1.54, 1.807) is 17.4 Å². The number of halogens is 4. The van der Waals surface area contributed by atoms with Gasteiger partial charge in [0.05, 0.1) is 31.1 Å². The molecule has 0 spiro atoms. The highest BCUT2D eigenvalue weighted by molar-refractivity contribution is 7.24. The molecule has 0 aliphatic heterocycles. The van der Waals surface area contributed by atoms with E-state index in [1.165, 1.54) is 29.5 Å². The largest absolute Gasteiger partial charge is 0.339 e. The van der Waals surface area contributed by atoms with Crippen molar-refractivity contribution in [2.45, 2.75) is 27.7 Å². The minimum Gasteiger partial charge on any atom is -0.339 e. The third kappa shape index (κ3) is 6.64. The smallest absolute Gasteiger partial charge is 0.197 e. The number of imidazole rings is 2. The lowest BCUT2D eigenvalue weighted by molar-refractivity contribution is 0.585. The van der Waals surface area contributed by atoms with E-state index in [9.17, 15) is 13.2 Å². The van der Waals surface area contributed by atoms with Gasteiger partial charge in [-0.3, -0.25) is 8.80 Å². The summed E-state index contributed by atoms with van der Waals surface area (Å²) in [6.45, 7) is 7.91. The fraction of sp³-hybridized carbons (Fsp3) is 0.0870. The highest BCUT2D eigenvalue weighted by Crippen LogP contribution is 2.41. The molecule has 6 aromatic carbocycles. The molecule has 58 heavy (non-hydrogen) atoms. The van der Waals surface area contributed by atoms with Crippen molar-refractivity contribution >= 4 is 87.6 Å². The summed E-state index contributed by atoms with van der Waals surface area (Å²) in [6.07, 6.45) is 0.